The highest BCUT2D eigenvalue weighted by Gasteiger charge is 2.24. The zero-order chi connectivity index (χ0) is 19.0. The van der Waals surface area contributed by atoms with E-state index in [2.05, 4.69) is 20.9 Å². The van der Waals surface area contributed by atoms with E-state index in [0.717, 1.165) is 30.8 Å². The smallest absolute Gasteiger partial charge is 0.330 e. The van der Waals surface area contributed by atoms with Gasteiger partial charge in [0, 0.05) is 26.2 Å². The van der Waals surface area contributed by atoms with Crippen LogP contribution in [0.15, 0.2) is 35.4 Å². The van der Waals surface area contributed by atoms with E-state index in [1.54, 1.807) is 17.7 Å². The maximum absolute atomic E-state index is 12.9. The molecule has 0 bridgehead atoms. The minimum atomic E-state index is -0.180. The topological polar surface area (TPSA) is 106 Å². The van der Waals surface area contributed by atoms with Crippen LogP contribution in [0.1, 0.15) is 24.0 Å². The fourth-order valence-electron chi connectivity index (χ4n) is 3.73. The van der Waals surface area contributed by atoms with Gasteiger partial charge in [-0.05, 0) is 24.5 Å². The average molecular weight is 363 g/mol. The van der Waals surface area contributed by atoms with Gasteiger partial charge in [0.05, 0.1) is 18.2 Å². The maximum Gasteiger partial charge on any atom is 0.330 e. The second-order valence-electron chi connectivity index (χ2n) is 6.91. The summed E-state index contributed by atoms with van der Waals surface area (Å²) in [6, 6.07) is 9.59. The summed E-state index contributed by atoms with van der Waals surface area (Å²) in [5.74, 6) is 0.724. The Hall–Kier alpha value is -3.18. The lowest BCUT2D eigenvalue weighted by Gasteiger charge is -2.32. The van der Waals surface area contributed by atoms with Gasteiger partial charge in [-0.25, -0.2) is 14.8 Å². The van der Waals surface area contributed by atoms with E-state index >= 15 is 0 Å². The molecule has 0 spiro atoms. The third-order valence-corrected chi connectivity index (χ3v) is 5.11. The molecule has 1 unspecified atom stereocenters. The molecule has 1 atom stereocenters. The van der Waals surface area contributed by atoms with E-state index in [4.69, 9.17) is 5.73 Å². The van der Waals surface area contributed by atoms with Gasteiger partial charge in [0.15, 0.2) is 11.5 Å². The molecule has 0 radical (unpaired) electrons. The van der Waals surface area contributed by atoms with Crippen LogP contribution in [0.5, 0.6) is 0 Å². The molecule has 4 rings (SSSR count). The Morgan fingerprint density at radius 1 is 1.33 bits per heavy atom. The lowest BCUT2D eigenvalue weighted by molar-refractivity contribution is 0.503. The number of nitriles is 1. The van der Waals surface area contributed by atoms with Crippen LogP contribution in [0.2, 0.25) is 0 Å². The summed E-state index contributed by atoms with van der Waals surface area (Å²) in [6.45, 7) is 1.84. The fraction of sp³-hybridized carbons (Fsp3) is 0.368. The molecule has 1 aromatic carbocycles. The Bertz CT molecular complexity index is 1090. The van der Waals surface area contributed by atoms with Crippen molar-refractivity contribution in [2.75, 3.05) is 18.0 Å². The number of piperidine rings is 1. The Labute approximate surface area is 156 Å². The van der Waals surface area contributed by atoms with Gasteiger partial charge < -0.3 is 10.6 Å². The normalized spacial score (nSPS) is 17.2. The predicted molar refractivity (Wildman–Crippen MR) is 102 cm³/mol. The van der Waals surface area contributed by atoms with Gasteiger partial charge in [-0.2, -0.15) is 5.26 Å². The van der Waals surface area contributed by atoms with Crippen LogP contribution in [-0.4, -0.2) is 38.2 Å². The minimum absolute atomic E-state index is 0.0898. The first-order valence-electron chi connectivity index (χ1n) is 8.99. The van der Waals surface area contributed by atoms with Crippen molar-refractivity contribution < 1.29 is 0 Å². The predicted octanol–water partition coefficient (Wildman–Crippen LogP) is 0.977. The van der Waals surface area contributed by atoms with Crippen LogP contribution in [0.3, 0.4) is 0 Å². The van der Waals surface area contributed by atoms with Gasteiger partial charge in [-0.15, -0.1) is 0 Å². The molecule has 8 heteroatoms. The number of imidazole rings is 1. The number of anilines is 1. The Balaban J connectivity index is 1.89. The maximum atomic E-state index is 12.9. The van der Waals surface area contributed by atoms with Gasteiger partial charge in [0.2, 0.25) is 0 Å². The second-order valence-corrected chi connectivity index (χ2v) is 6.91. The molecule has 138 valence electrons. The van der Waals surface area contributed by atoms with Crippen molar-refractivity contribution in [3.63, 3.8) is 0 Å². The van der Waals surface area contributed by atoms with E-state index in [1.165, 1.54) is 10.9 Å². The van der Waals surface area contributed by atoms with Crippen molar-refractivity contribution in [2.24, 2.45) is 12.8 Å². The number of aromatic nitrogens is 4. The number of nitrogens with zero attached hydrogens (tertiary/aromatic N) is 6. The molecule has 2 N–H and O–H groups in total. The third-order valence-electron chi connectivity index (χ3n) is 5.11. The number of benzene rings is 1. The first-order chi connectivity index (χ1) is 13.1. The van der Waals surface area contributed by atoms with Crippen molar-refractivity contribution >= 4 is 17.0 Å². The molecule has 27 heavy (non-hydrogen) atoms. The lowest BCUT2D eigenvalue weighted by atomic mass is 10.1. The summed E-state index contributed by atoms with van der Waals surface area (Å²) in [6.07, 6.45) is 3.47. The van der Waals surface area contributed by atoms with Crippen LogP contribution in [0.25, 0.3) is 11.2 Å². The minimum Gasteiger partial charge on any atom is -0.353 e. The summed E-state index contributed by atoms with van der Waals surface area (Å²) in [4.78, 5) is 23.9. The molecule has 1 aliphatic heterocycles. The van der Waals surface area contributed by atoms with Crippen molar-refractivity contribution in [1.82, 2.24) is 19.1 Å². The largest absolute Gasteiger partial charge is 0.353 e. The van der Waals surface area contributed by atoms with Crippen LogP contribution in [0, 0.1) is 11.3 Å². The van der Waals surface area contributed by atoms with Crippen molar-refractivity contribution in [3.8, 4) is 6.07 Å². The van der Waals surface area contributed by atoms with Crippen LogP contribution < -0.4 is 16.3 Å². The zero-order valence-corrected chi connectivity index (χ0v) is 15.2. The molecule has 0 amide bonds. The second kappa shape index (κ2) is 6.85. The molecule has 8 nitrogen and oxygen atoms in total. The Morgan fingerprint density at radius 3 is 2.93 bits per heavy atom. The summed E-state index contributed by atoms with van der Waals surface area (Å²) < 4.78 is 3.18. The first-order valence-corrected chi connectivity index (χ1v) is 8.99. The number of hydrogen-bond acceptors (Lipinski definition) is 6. The summed E-state index contributed by atoms with van der Waals surface area (Å²) in [5.41, 5.74) is 8.58. The molecule has 3 heterocycles. The SMILES string of the molecule is Cn1c(=O)n(Cc2ccccc2C#N)c2c(N3CCCC(N)C3)ncnc21. The highest BCUT2D eigenvalue weighted by molar-refractivity contribution is 5.84. The number of nitrogens with two attached hydrogens (primary N) is 1. The van der Waals surface area contributed by atoms with Gasteiger partial charge in [0.1, 0.15) is 11.8 Å². The Kier molecular flexibility index (Phi) is 4.38. The lowest BCUT2D eigenvalue weighted by Crippen LogP contribution is -2.43. The number of hydrogen-bond donors (Lipinski definition) is 1. The van der Waals surface area contributed by atoms with Crippen molar-refractivity contribution in [3.05, 3.63) is 52.2 Å². The zero-order valence-electron chi connectivity index (χ0n) is 15.2. The third kappa shape index (κ3) is 2.96. The standard InChI is InChI=1S/C19H21N7O/c1-24-17-16(18(23-12-22-17)25-8-4-7-15(21)11-25)26(19(24)27)10-14-6-3-2-5-13(14)9-20/h2-3,5-6,12,15H,4,7-8,10-11,21H2,1H3. The van der Waals surface area contributed by atoms with E-state index in [0.29, 0.717) is 29.8 Å². The molecule has 1 saturated heterocycles. The summed E-state index contributed by atoms with van der Waals surface area (Å²) in [5, 5.41) is 9.38. The van der Waals surface area contributed by atoms with E-state index < -0.39 is 0 Å². The molecule has 1 fully saturated rings. The first kappa shape index (κ1) is 17.2. The molecule has 0 aliphatic carbocycles. The molecule has 2 aromatic heterocycles. The summed E-state index contributed by atoms with van der Waals surface area (Å²) >= 11 is 0. The van der Waals surface area contributed by atoms with Gasteiger partial charge in [-0.3, -0.25) is 9.13 Å². The highest BCUT2D eigenvalue weighted by Crippen LogP contribution is 2.25. The Morgan fingerprint density at radius 2 is 2.15 bits per heavy atom. The quantitative estimate of drug-likeness (QED) is 0.743. The monoisotopic (exact) mass is 363 g/mol. The number of aryl methyl sites for hydroxylation is 1. The molecule has 3 aromatic rings. The van der Waals surface area contributed by atoms with E-state index in [-0.39, 0.29) is 11.7 Å². The molecular weight excluding hydrogens is 342 g/mol. The fourth-order valence-corrected chi connectivity index (χ4v) is 3.73. The van der Waals surface area contributed by atoms with Gasteiger partial charge in [-0.1, -0.05) is 18.2 Å². The van der Waals surface area contributed by atoms with E-state index in [1.807, 2.05) is 18.2 Å². The molecular formula is C19H21N7O. The number of rotatable bonds is 3. The number of fused-ring (bicyclic) bond motifs is 1. The van der Waals surface area contributed by atoms with Crippen molar-refractivity contribution in [1.29, 1.82) is 5.26 Å². The average Bonchev–Trinajstić information content (AvgIpc) is 2.93. The van der Waals surface area contributed by atoms with Crippen molar-refractivity contribution in [2.45, 2.75) is 25.4 Å². The van der Waals surface area contributed by atoms with Crippen LogP contribution in [0.4, 0.5) is 5.82 Å². The highest BCUT2D eigenvalue weighted by atomic mass is 16.1. The van der Waals surface area contributed by atoms with Crippen LogP contribution >= 0.6 is 0 Å². The van der Waals surface area contributed by atoms with Gasteiger partial charge >= 0.3 is 5.69 Å². The van der Waals surface area contributed by atoms with Crippen LogP contribution in [-0.2, 0) is 13.6 Å². The molecule has 0 saturated carbocycles. The summed E-state index contributed by atoms with van der Waals surface area (Å²) in [7, 11) is 1.70. The van der Waals surface area contributed by atoms with Gasteiger partial charge in [0.25, 0.3) is 0 Å². The van der Waals surface area contributed by atoms with E-state index in [9.17, 15) is 10.1 Å². The molecule has 1 aliphatic rings.